The van der Waals surface area contributed by atoms with Gasteiger partial charge in [0, 0.05) is 37.2 Å². The van der Waals surface area contributed by atoms with Gasteiger partial charge in [-0.1, -0.05) is 24.3 Å². The van der Waals surface area contributed by atoms with Gasteiger partial charge in [-0.15, -0.1) is 0 Å². The minimum atomic E-state index is -4.33. The lowest BCUT2D eigenvalue weighted by Crippen LogP contribution is -2.43. The van der Waals surface area contributed by atoms with Gasteiger partial charge in [0.2, 0.25) is 0 Å². The Labute approximate surface area is 260 Å². The summed E-state index contributed by atoms with van der Waals surface area (Å²) < 4.78 is 59.6. The van der Waals surface area contributed by atoms with Gasteiger partial charge in [0.05, 0.1) is 16.3 Å². The number of carbonyl (C=O) groups excluding carboxylic acids is 2. The molecule has 4 aromatic rings. The van der Waals surface area contributed by atoms with Crippen molar-refractivity contribution in [3.05, 3.63) is 122 Å². The van der Waals surface area contributed by atoms with Crippen molar-refractivity contribution in [2.75, 3.05) is 4.72 Å². The Hall–Kier alpha value is -5.44. The predicted molar refractivity (Wildman–Crippen MR) is 161 cm³/mol. The Kier molecular flexibility index (Phi) is 8.70. The summed E-state index contributed by atoms with van der Waals surface area (Å²) in [5.74, 6) is -5.98. The number of carboxylic acids is 1. The SMILES string of the molecule is Cn1ccc(=O)n(-c2ccc(C[C@H](NC(=O)c3c(F)cc(NS(=O)(=O)c4ccc(C(=O)C5CC5)cc4)cc3F)C(=O)O)cc2)c1=O. The molecule has 238 valence electrons. The van der Waals surface area contributed by atoms with Crippen LogP contribution < -0.4 is 21.3 Å². The van der Waals surface area contributed by atoms with Crippen LogP contribution in [-0.4, -0.2) is 46.4 Å². The second kappa shape index (κ2) is 12.5. The summed E-state index contributed by atoms with van der Waals surface area (Å²) in [6.45, 7) is 0. The van der Waals surface area contributed by atoms with E-state index in [-0.39, 0.29) is 28.7 Å². The molecule has 1 atom stereocenters. The van der Waals surface area contributed by atoms with Crippen molar-refractivity contribution in [2.45, 2.75) is 30.2 Å². The lowest BCUT2D eigenvalue weighted by Gasteiger charge is -2.16. The summed E-state index contributed by atoms with van der Waals surface area (Å²) >= 11 is 0. The highest BCUT2D eigenvalue weighted by atomic mass is 32.2. The minimum absolute atomic E-state index is 0.0641. The number of benzene rings is 3. The monoisotopic (exact) mass is 652 g/mol. The lowest BCUT2D eigenvalue weighted by molar-refractivity contribution is -0.139. The molecule has 0 aliphatic heterocycles. The molecule has 1 saturated carbocycles. The number of nitrogens with zero attached hydrogens (tertiary/aromatic N) is 2. The molecule has 0 radical (unpaired) electrons. The number of aromatic nitrogens is 2. The largest absolute Gasteiger partial charge is 0.480 e. The van der Waals surface area contributed by atoms with Crippen LogP contribution in [0.3, 0.4) is 0 Å². The molecule has 1 heterocycles. The van der Waals surface area contributed by atoms with Crippen molar-refractivity contribution in [3.63, 3.8) is 0 Å². The molecule has 3 aromatic carbocycles. The van der Waals surface area contributed by atoms with Crippen LogP contribution in [0.4, 0.5) is 14.5 Å². The van der Waals surface area contributed by atoms with Crippen LogP contribution in [0.1, 0.15) is 39.1 Å². The van der Waals surface area contributed by atoms with E-state index in [9.17, 15) is 46.3 Å². The molecule has 1 amide bonds. The molecule has 15 heteroatoms. The van der Waals surface area contributed by atoms with Gasteiger partial charge < -0.3 is 15.0 Å². The Morgan fingerprint density at radius 2 is 1.57 bits per heavy atom. The summed E-state index contributed by atoms with van der Waals surface area (Å²) in [6, 6.07) is 11.4. The lowest BCUT2D eigenvalue weighted by atomic mass is 10.0. The number of halogens is 2. The third kappa shape index (κ3) is 6.78. The molecular formula is C31H26F2N4O8S. The van der Waals surface area contributed by atoms with Crippen LogP contribution >= 0.6 is 0 Å². The molecule has 46 heavy (non-hydrogen) atoms. The fourth-order valence-corrected chi connectivity index (χ4v) is 5.73. The van der Waals surface area contributed by atoms with Gasteiger partial charge >= 0.3 is 11.7 Å². The third-order valence-corrected chi connectivity index (χ3v) is 8.71. The van der Waals surface area contributed by atoms with E-state index in [4.69, 9.17) is 0 Å². The molecule has 0 bridgehead atoms. The molecule has 5 rings (SSSR count). The average Bonchev–Trinajstić information content (AvgIpc) is 3.85. The average molecular weight is 653 g/mol. The molecule has 1 aliphatic rings. The maximum atomic E-state index is 15.0. The van der Waals surface area contributed by atoms with E-state index in [1.165, 1.54) is 72.4 Å². The third-order valence-electron chi connectivity index (χ3n) is 7.31. The first-order valence-electron chi connectivity index (χ1n) is 13.8. The van der Waals surface area contributed by atoms with E-state index in [0.29, 0.717) is 23.3 Å². The van der Waals surface area contributed by atoms with E-state index >= 15 is 0 Å². The summed E-state index contributed by atoms with van der Waals surface area (Å²) in [7, 11) is -2.87. The van der Waals surface area contributed by atoms with Crippen LogP contribution in [0.15, 0.2) is 87.4 Å². The van der Waals surface area contributed by atoms with E-state index in [0.717, 1.165) is 17.4 Å². The summed E-state index contributed by atoms with van der Waals surface area (Å²) in [5, 5.41) is 11.7. The van der Waals surface area contributed by atoms with Gasteiger partial charge in [-0.3, -0.25) is 19.1 Å². The highest BCUT2D eigenvalue weighted by molar-refractivity contribution is 7.92. The van der Waals surface area contributed by atoms with Crippen molar-refractivity contribution in [2.24, 2.45) is 13.0 Å². The Morgan fingerprint density at radius 1 is 0.957 bits per heavy atom. The summed E-state index contributed by atoms with van der Waals surface area (Å²) in [4.78, 5) is 61.2. The number of Topliss-reactive ketones (excluding diaryl/α,β-unsaturated/α-hetero) is 1. The number of sulfonamides is 1. The maximum absolute atomic E-state index is 15.0. The number of hydrogen-bond donors (Lipinski definition) is 3. The fourth-order valence-electron chi connectivity index (χ4n) is 4.69. The van der Waals surface area contributed by atoms with Gasteiger partial charge in [-0.25, -0.2) is 31.4 Å². The Balaban J connectivity index is 1.29. The number of ketones is 1. The van der Waals surface area contributed by atoms with E-state index in [1.54, 1.807) is 0 Å². The van der Waals surface area contributed by atoms with Gasteiger partial charge in [-0.05, 0) is 54.8 Å². The Morgan fingerprint density at radius 3 is 2.13 bits per heavy atom. The quantitative estimate of drug-likeness (QED) is 0.207. The zero-order valence-corrected chi connectivity index (χ0v) is 24.9. The van der Waals surface area contributed by atoms with E-state index in [1.807, 2.05) is 4.72 Å². The standard InChI is InChI=1S/C31H26F2N4O8S/c1-36-13-12-26(38)37(31(36)43)21-8-2-17(3-9-21)14-25(30(41)42)34-29(40)27-23(32)15-20(16-24(27)33)35-46(44,45)22-10-6-19(7-11-22)28(39)18-4-5-18/h2-3,6-13,15-16,18,25,35H,4-5,14H2,1H3,(H,34,40)(H,41,42)/t25-/m0/s1. The summed E-state index contributed by atoms with van der Waals surface area (Å²) in [5.41, 5.74) is -1.93. The zero-order chi connectivity index (χ0) is 33.3. The first-order chi connectivity index (χ1) is 21.7. The first kappa shape index (κ1) is 32.0. The second-order valence-corrected chi connectivity index (χ2v) is 12.4. The van der Waals surface area contributed by atoms with E-state index < -0.39 is 62.1 Å². The van der Waals surface area contributed by atoms with Crippen molar-refractivity contribution < 1.29 is 36.7 Å². The van der Waals surface area contributed by atoms with Crippen LogP contribution in [0, 0.1) is 17.6 Å². The highest BCUT2D eigenvalue weighted by Gasteiger charge is 2.31. The van der Waals surface area contributed by atoms with Crippen molar-refractivity contribution in [1.82, 2.24) is 14.5 Å². The molecule has 3 N–H and O–H groups in total. The molecule has 1 aromatic heterocycles. The van der Waals surface area contributed by atoms with Crippen molar-refractivity contribution in [3.8, 4) is 5.69 Å². The number of carbonyl (C=O) groups is 3. The number of rotatable bonds is 11. The van der Waals surface area contributed by atoms with Crippen molar-refractivity contribution in [1.29, 1.82) is 0 Å². The smallest absolute Gasteiger partial charge is 0.335 e. The second-order valence-electron chi connectivity index (χ2n) is 10.7. The number of amides is 1. The topological polar surface area (TPSA) is 174 Å². The van der Waals surface area contributed by atoms with Crippen LogP contribution in [-0.2, 0) is 28.3 Å². The number of aliphatic carboxylic acids is 1. The van der Waals surface area contributed by atoms with Crippen LogP contribution in [0.2, 0.25) is 0 Å². The molecule has 1 fully saturated rings. The van der Waals surface area contributed by atoms with E-state index in [2.05, 4.69) is 5.32 Å². The fraction of sp³-hybridized carbons (Fsp3) is 0.194. The number of carboxylic acid groups (broad SMARTS) is 1. The number of nitrogens with one attached hydrogen (secondary N) is 2. The number of anilines is 1. The number of hydrogen-bond acceptors (Lipinski definition) is 7. The van der Waals surface area contributed by atoms with Gasteiger partial charge in [-0.2, -0.15) is 0 Å². The predicted octanol–water partition coefficient (Wildman–Crippen LogP) is 2.63. The zero-order valence-electron chi connectivity index (χ0n) is 24.1. The molecule has 0 spiro atoms. The van der Waals surface area contributed by atoms with Crippen LogP contribution in [0.25, 0.3) is 5.69 Å². The van der Waals surface area contributed by atoms with Gasteiger partial charge in [0.15, 0.2) is 5.78 Å². The molecular weight excluding hydrogens is 626 g/mol. The van der Waals surface area contributed by atoms with Gasteiger partial charge in [0.1, 0.15) is 23.2 Å². The summed E-state index contributed by atoms with van der Waals surface area (Å²) in [6.07, 6.45) is 2.54. The normalized spacial score (nSPS) is 13.5. The molecule has 1 aliphatic carbocycles. The molecule has 0 saturated heterocycles. The van der Waals surface area contributed by atoms with Gasteiger partial charge in [0.25, 0.3) is 21.5 Å². The highest BCUT2D eigenvalue weighted by Crippen LogP contribution is 2.33. The first-order valence-corrected chi connectivity index (χ1v) is 15.3. The van der Waals surface area contributed by atoms with Crippen LogP contribution in [0.5, 0.6) is 0 Å². The maximum Gasteiger partial charge on any atom is 0.335 e. The molecule has 0 unspecified atom stereocenters. The number of aryl methyl sites for hydroxylation is 1. The van der Waals surface area contributed by atoms with Crippen molar-refractivity contribution >= 4 is 33.4 Å². The molecule has 12 nitrogen and oxygen atoms in total. The minimum Gasteiger partial charge on any atom is -0.480 e. The Bertz CT molecular complexity index is 2070.